The Bertz CT molecular complexity index is 2540. The van der Waals surface area contributed by atoms with Crippen molar-refractivity contribution >= 4 is 151 Å². The summed E-state index contributed by atoms with van der Waals surface area (Å²) in [5.74, 6) is 0. The third kappa shape index (κ3) is 5.11. The van der Waals surface area contributed by atoms with Crippen LogP contribution in [0.3, 0.4) is 0 Å². The summed E-state index contributed by atoms with van der Waals surface area (Å²) >= 11 is 2.66. The van der Waals surface area contributed by atoms with Crippen molar-refractivity contribution in [3.05, 3.63) is 121 Å². The number of aromatic nitrogens is 3. The molecule has 6 aromatic carbocycles. The van der Waals surface area contributed by atoms with Crippen molar-refractivity contribution in [3.63, 3.8) is 0 Å². The van der Waals surface area contributed by atoms with Gasteiger partial charge in [-0.1, -0.05) is 0 Å². The molecule has 0 saturated carbocycles. The van der Waals surface area contributed by atoms with Crippen molar-refractivity contribution in [3.8, 4) is 22.3 Å². The van der Waals surface area contributed by atoms with Gasteiger partial charge < -0.3 is 0 Å². The zero-order chi connectivity index (χ0) is 32.7. The van der Waals surface area contributed by atoms with Crippen LogP contribution in [0.5, 0.6) is 0 Å². The number of nitrogens with zero attached hydrogens (tertiary/aromatic N) is 3. The van der Waals surface area contributed by atoms with Gasteiger partial charge in [-0.15, -0.1) is 0 Å². The SMILES string of the molecule is CI(C)CCI(C)n1c2ccc(-c3ccc4c(c3)c3ccccc3n4I)cc2c2cc(-c3ccc4c(c3)c3ccccc3n4I)ccc21. The van der Waals surface area contributed by atoms with Crippen LogP contribution in [0.1, 0.15) is 0 Å². The molecular formula is C41H33I4N3. The molecule has 0 atom stereocenters. The van der Waals surface area contributed by atoms with Crippen LogP contribution < -0.4 is 0 Å². The Labute approximate surface area is 322 Å². The Morgan fingerprint density at radius 1 is 0.417 bits per heavy atom. The molecule has 0 bridgehead atoms. The summed E-state index contributed by atoms with van der Waals surface area (Å²) in [7, 11) is 0. The molecule has 0 fully saturated rings. The molecule has 48 heavy (non-hydrogen) atoms. The van der Waals surface area contributed by atoms with Crippen LogP contribution in [0.15, 0.2) is 121 Å². The van der Waals surface area contributed by atoms with Crippen LogP contribution in [0.2, 0.25) is 0 Å². The monoisotopic (exact) mass is 1070 g/mol. The van der Waals surface area contributed by atoms with Crippen molar-refractivity contribution in [1.29, 1.82) is 0 Å². The number of rotatable bonds is 6. The summed E-state index contributed by atoms with van der Waals surface area (Å²) in [5.41, 5.74) is 13.0. The third-order valence-electron chi connectivity index (χ3n) is 9.61. The van der Waals surface area contributed by atoms with Gasteiger partial charge in [0.15, 0.2) is 0 Å². The van der Waals surface area contributed by atoms with Gasteiger partial charge in [0.2, 0.25) is 0 Å². The molecule has 7 heteroatoms. The fourth-order valence-corrected chi connectivity index (χ4v) is 22.8. The number of hydrogen-bond donors (Lipinski definition) is 0. The van der Waals surface area contributed by atoms with Gasteiger partial charge >= 0.3 is 327 Å². The van der Waals surface area contributed by atoms with Crippen LogP contribution in [-0.2, 0) is 0 Å². The predicted molar refractivity (Wildman–Crippen MR) is 246 cm³/mol. The number of para-hydroxylation sites is 2. The van der Waals surface area contributed by atoms with E-state index in [-0.39, 0.29) is 0 Å². The van der Waals surface area contributed by atoms with Crippen molar-refractivity contribution in [2.45, 2.75) is 0 Å². The molecule has 3 heterocycles. The van der Waals surface area contributed by atoms with Gasteiger partial charge in [0.05, 0.1) is 0 Å². The van der Waals surface area contributed by atoms with Gasteiger partial charge in [0, 0.05) is 0 Å². The minimum absolute atomic E-state index is 0.778. The number of hydrogen-bond acceptors (Lipinski definition) is 0. The molecule has 3 nitrogen and oxygen atoms in total. The number of alkyl halides is 5. The fourth-order valence-electron chi connectivity index (χ4n) is 7.19. The summed E-state index contributed by atoms with van der Waals surface area (Å²) in [6.45, 7) is 0. The van der Waals surface area contributed by atoms with Crippen molar-refractivity contribution in [2.75, 3.05) is 23.6 Å². The first-order chi connectivity index (χ1) is 23.4. The molecular weight excluding hydrogens is 1040 g/mol. The normalized spacial score (nSPS) is 12.8. The Kier molecular flexibility index (Phi) is 8.20. The van der Waals surface area contributed by atoms with Crippen LogP contribution in [0.4, 0.5) is 0 Å². The average Bonchev–Trinajstić information content (AvgIpc) is 3.71. The molecule has 0 N–H and O–H groups in total. The standard InChI is InChI=1S/C41H33I4N3/c1-44(2)20-21-45(3)48-40-18-14-28(26-12-16-38-32(22-26)30-8-4-6-10-36(30)46(38)42)24-34(40)35-25-29(15-19-41(35)48)27-13-17-39-33(23-27)31-9-5-7-11-37(31)47(39)43/h4-19,22-25H,20-21H2,1-3H3. The van der Waals surface area contributed by atoms with Gasteiger partial charge in [-0.25, -0.2) is 0 Å². The maximum atomic E-state index is 2.78. The van der Waals surface area contributed by atoms with E-state index < -0.39 is 39.9 Å². The van der Waals surface area contributed by atoms with E-state index in [0.29, 0.717) is 0 Å². The Morgan fingerprint density at radius 2 is 0.771 bits per heavy atom. The second kappa shape index (κ2) is 12.4. The Hall–Kier alpha value is -2.36. The first-order valence-corrected chi connectivity index (χ1v) is 28.3. The zero-order valence-corrected chi connectivity index (χ0v) is 35.4. The van der Waals surface area contributed by atoms with Crippen LogP contribution in [0.25, 0.3) is 87.7 Å². The van der Waals surface area contributed by atoms with Gasteiger partial charge in [-0.3, -0.25) is 0 Å². The Morgan fingerprint density at radius 3 is 1.19 bits per heavy atom. The maximum absolute atomic E-state index is 2.78. The quantitative estimate of drug-likeness (QED) is 0.116. The second-order valence-electron chi connectivity index (χ2n) is 12.7. The van der Waals surface area contributed by atoms with Crippen LogP contribution >= 0.6 is 85.6 Å². The molecule has 0 radical (unpaired) electrons. The van der Waals surface area contributed by atoms with E-state index in [9.17, 15) is 0 Å². The molecule has 0 aliphatic heterocycles. The summed E-state index contributed by atoms with van der Waals surface area (Å²) < 4.78 is 10.2. The van der Waals surface area contributed by atoms with Crippen molar-refractivity contribution in [1.82, 2.24) is 8.34 Å². The van der Waals surface area contributed by atoms with Crippen LogP contribution in [0, 0.1) is 0 Å². The van der Waals surface area contributed by atoms with E-state index in [1.165, 1.54) is 96.5 Å². The number of halogens is 4. The van der Waals surface area contributed by atoms with Crippen LogP contribution in [-0.4, -0.2) is 32.0 Å². The summed E-state index contributed by atoms with van der Waals surface area (Å²) in [5, 5.41) is 7.99. The predicted octanol–water partition coefficient (Wildman–Crippen LogP) is 13.4. The molecule has 0 amide bonds. The molecule has 3 aromatic heterocycles. The van der Waals surface area contributed by atoms with E-state index in [4.69, 9.17) is 0 Å². The van der Waals surface area contributed by atoms with Gasteiger partial charge in [-0.05, 0) is 0 Å². The van der Waals surface area contributed by atoms with Crippen molar-refractivity contribution in [2.24, 2.45) is 0 Å². The molecule has 0 saturated heterocycles. The topological polar surface area (TPSA) is 14.8 Å². The Balaban J connectivity index is 1.24. The van der Waals surface area contributed by atoms with Gasteiger partial charge in [-0.2, -0.15) is 0 Å². The van der Waals surface area contributed by atoms with Gasteiger partial charge in [0.25, 0.3) is 0 Å². The van der Waals surface area contributed by atoms with Gasteiger partial charge in [0.1, 0.15) is 0 Å². The fraction of sp³-hybridized carbons (Fsp3) is 0.122. The van der Waals surface area contributed by atoms with E-state index in [1.54, 1.807) is 0 Å². The molecule has 0 spiro atoms. The molecule has 0 unspecified atom stereocenters. The van der Waals surface area contributed by atoms with Crippen molar-refractivity contribution < 1.29 is 0 Å². The molecule has 9 rings (SSSR count). The number of fused-ring (bicyclic) bond motifs is 9. The van der Waals surface area contributed by atoms with E-state index in [2.05, 4.69) is 190 Å². The first kappa shape index (κ1) is 31.6. The molecule has 240 valence electrons. The zero-order valence-electron chi connectivity index (χ0n) is 26.8. The number of benzene rings is 6. The molecule has 0 aliphatic rings. The molecule has 0 aliphatic carbocycles. The second-order valence-corrected chi connectivity index (χ2v) is 26.1. The van der Waals surface area contributed by atoms with E-state index in [0.717, 1.165) is 0 Å². The first-order valence-electron chi connectivity index (χ1n) is 15.9. The molecule has 9 aromatic rings. The summed E-state index contributed by atoms with van der Waals surface area (Å²) in [6.07, 6.45) is 0. The summed E-state index contributed by atoms with van der Waals surface area (Å²) in [4.78, 5) is 7.60. The minimum atomic E-state index is -1.43. The summed E-state index contributed by atoms with van der Waals surface area (Å²) in [6, 6.07) is 45.9. The van der Waals surface area contributed by atoms with E-state index in [1.807, 2.05) is 0 Å². The average molecular weight is 1080 g/mol. The van der Waals surface area contributed by atoms with E-state index >= 15 is 0 Å². The third-order valence-corrected chi connectivity index (χ3v) is 21.2.